The first-order valence-corrected chi connectivity index (χ1v) is 8.33. The molecule has 4 rings (SSSR count). The zero-order valence-electron chi connectivity index (χ0n) is 13.7. The number of hydrogen-bond acceptors (Lipinski definition) is 4. The number of benzene rings is 2. The van der Waals surface area contributed by atoms with Crippen molar-refractivity contribution in [1.82, 2.24) is 9.97 Å². The quantitative estimate of drug-likeness (QED) is 0.778. The van der Waals surface area contributed by atoms with Crippen molar-refractivity contribution in [2.75, 3.05) is 11.9 Å². The number of halogens is 1. The van der Waals surface area contributed by atoms with Gasteiger partial charge in [0.25, 0.3) is 0 Å². The Balaban J connectivity index is 1.54. The molecule has 3 aromatic rings. The minimum absolute atomic E-state index is 0.0288. The Labute approximate surface area is 145 Å². The second-order valence-corrected chi connectivity index (χ2v) is 6.01. The van der Waals surface area contributed by atoms with Gasteiger partial charge in [-0.25, -0.2) is 14.4 Å². The standard InChI is InChI=1S/C20H18FN3O/c21-16-8-4-7-15-17(10-12-25-20(15)16)23-18-9-11-22-19(24-18)13-14-5-2-1-3-6-14/h1-9,11,17H,10,12-13H2,(H,22,23,24)/t17-/m0/s1. The average Bonchev–Trinajstić information content (AvgIpc) is 2.64. The van der Waals surface area contributed by atoms with E-state index in [1.807, 2.05) is 30.3 Å². The molecule has 0 unspecified atom stereocenters. The van der Waals surface area contributed by atoms with E-state index in [1.54, 1.807) is 12.3 Å². The summed E-state index contributed by atoms with van der Waals surface area (Å²) in [6.07, 6.45) is 3.18. The van der Waals surface area contributed by atoms with Crippen molar-refractivity contribution in [2.45, 2.75) is 18.9 Å². The molecule has 0 saturated heterocycles. The van der Waals surface area contributed by atoms with E-state index >= 15 is 0 Å². The molecule has 4 nitrogen and oxygen atoms in total. The number of anilines is 1. The van der Waals surface area contributed by atoms with E-state index in [9.17, 15) is 4.39 Å². The van der Waals surface area contributed by atoms with Crippen molar-refractivity contribution >= 4 is 5.82 Å². The van der Waals surface area contributed by atoms with Crippen molar-refractivity contribution in [2.24, 2.45) is 0 Å². The fourth-order valence-electron chi connectivity index (χ4n) is 3.06. The molecule has 1 atom stereocenters. The smallest absolute Gasteiger partial charge is 0.165 e. The van der Waals surface area contributed by atoms with Crippen molar-refractivity contribution in [3.05, 3.63) is 83.6 Å². The molecule has 1 aliphatic heterocycles. The van der Waals surface area contributed by atoms with Crippen LogP contribution in [0.4, 0.5) is 10.2 Å². The Kier molecular flexibility index (Phi) is 4.29. The normalized spacial score (nSPS) is 16.0. The first-order chi connectivity index (χ1) is 12.3. The number of nitrogens with one attached hydrogen (secondary N) is 1. The van der Waals surface area contributed by atoms with Crippen LogP contribution in [0.2, 0.25) is 0 Å². The maximum Gasteiger partial charge on any atom is 0.165 e. The first kappa shape index (κ1) is 15.6. The summed E-state index contributed by atoms with van der Waals surface area (Å²) in [6.45, 7) is 0.480. The van der Waals surface area contributed by atoms with Gasteiger partial charge in [-0.15, -0.1) is 0 Å². The van der Waals surface area contributed by atoms with Crippen LogP contribution in [-0.4, -0.2) is 16.6 Å². The largest absolute Gasteiger partial charge is 0.490 e. The molecule has 0 aliphatic carbocycles. The second kappa shape index (κ2) is 6.89. The Morgan fingerprint density at radius 2 is 1.96 bits per heavy atom. The molecule has 0 saturated carbocycles. The summed E-state index contributed by atoms with van der Waals surface area (Å²) in [5.74, 6) is 1.51. The molecule has 2 aromatic carbocycles. The Morgan fingerprint density at radius 3 is 2.84 bits per heavy atom. The zero-order valence-corrected chi connectivity index (χ0v) is 13.7. The van der Waals surface area contributed by atoms with Gasteiger partial charge in [0.1, 0.15) is 11.6 Å². The number of rotatable bonds is 4. The lowest BCUT2D eigenvalue weighted by atomic mass is 10.0. The van der Waals surface area contributed by atoms with Crippen molar-refractivity contribution in [1.29, 1.82) is 0 Å². The summed E-state index contributed by atoms with van der Waals surface area (Å²) in [7, 11) is 0. The molecule has 5 heteroatoms. The van der Waals surface area contributed by atoms with Gasteiger partial charge in [-0.3, -0.25) is 0 Å². The Morgan fingerprint density at radius 1 is 1.08 bits per heavy atom. The average molecular weight is 335 g/mol. The van der Waals surface area contributed by atoms with Gasteiger partial charge in [0.05, 0.1) is 12.6 Å². The second-order valence-electron chi connectivity index (χ2n) is 6.01. The lowest BCUT2D eigenvalue weighted by Gasteiger charge is -2.27. The highest BCUT2D eigenvalue weighted by molar-refractivity contribution is 5.45. The van der Waals surface area contributed by atoms with Gasteiger partial charge in [-0.05, 0) is 17.7 Å². The maximum absolute atomic E-state index is 13.9. The van der Waals surface area contributed by atoms with Gasteiger partial charge in [0.2, 0.25) is 0 Å². The lowest BCUT2D eigenvalue weighted by Crippen LogP contribution is -2.21. The third kappa shape index (κ3) is 3.45. The highest BCUT2D eigenvalue weighted by Crippen LogP contribution is 2.35. The van der Waals surface area contributed by atoms with Gasteiger partial charge in [0, 0.05) is 24.6 Å². The number of hydrogen-bond donors (Lipinski definition) is 1. The minimum Gasteiger partial charge on any atom is -0.490 e. The number of fused-ring (bicyclic) bond motifs is 1. The first-order valence-electron chi connectivity index (χ1n) is 8.33. The Hall–Kier alpha value is -2.95. The fraction of sp³-hybridized carbons (Fsp3) is 0.200. The molecule has 0 amide bonds. The number of para-hydroxylation sites is 1. The summed E-state index contributed by atoms with van der Waals surface area (Å²) in [5, 5.41) is 3.39. The molecule has 126 valence electrons. The van der Waals surface area contributed by atoms with Crippen LogP contribution in [0.3, 0.4) is 0 Å². The molecule has 0 spiro atoms. The summed E-state index contributed by atoms with van der Waals surface area (Å²) in [5.41, 5.74) is 1.99. The maximum atomic E-state index is 13.9. The molecular formula is C20H18FN3O. The van der Waals surface area contributed by atoms with Crippen LogP contribution in [-0.2, 0) is 6.42 Å². The molecule has 25 heavy (non-hydrogen) atoms. The monoisotopic (exact) mass is 335 g/mol. The van der Waals surface area contributed by atoms with Crippen molar-refractivity contribution in [3.8, 4) is 5.75 Å². The van der Waals surface area contributed by atoms with Crippen LogP contribution in [0, 0.1) is 5.82 Å². The predicted octanol–water partition coefficient (Wildman–Crippen LogP) is 4.14. The molecule has 0 bridgehead atoms. The van der Waals surface area contributed by atoms with Crippen LogP contribution in [0.5, 0.6) is 5.75 Å². The van der Waals surface area contributed by atoms with E-state index < -0.39 is 0 Å². The van der Waals surface area contributed by atoms with E-state index in [0.717, 1.165) is 29.2 Å². The molecular weight excluding hydrogens is 317 g/mol. The van der Waals surface area contributed by atoms with E-state index in [-0.39, 0.29) is 11.9 Å². The summed E-state index contributed by atoms with van der Waals surface area (Å²) < 4.78 is 19.4. The topological polar surface area (TPSA) is 47.0 Å². The van der Waals surface area contributed by atoms with E-state index in [2.05, 4.69) is 27.4 Å². The molecule has 1 N–H and O–H groups in total. The molecule has 1 aromatic heterocycles. The third-order valence-corrected chi connectivity index (χ3v) is 4.26. The molecule has 1 aliphatic rings. The van der Waals surface area contributed by atoms with Crippen molar-refractivity contribution < 1.29 is 9.13 Å². The van der Waals surface area contributed by atoms with Crippen LogP contribution in [0.15, 0.2) is 60.8 Å². The van der Waals surface area contributed by atoms with Gasteiger partial charge in [-0.1, -0.05) is 42.5 Å². The van der Waals surface area contributed by atoms with Crippen LogP contribution in [0.25, 0.3) is 0 Å². The van der Waals surface area contributed by atoms with Gasteiger partial charge >= 0.3 is 0 Å². The predicted molar refractivity (Wildman–Crippen MR) is 94.2 cm³/mol. The molecule has 0 radical (unpaired) electrons. The SMILES string of the molecule is Fc1cccc2c1OCC[C@@H]2Nc1ccnc(Cc2ccccc2)n1. The summed E-state index contributed by atoms with van der Waals surface area (Å²) >= 11 is 0. The highest BCUT2D eigenvalue weighted by Gasteiger charge is 2.24. The van der Waals surface area contributed by atoms with Crippen LogP contribution in [0.1, 0.15) is 29.4 Å². The van der Waals surface area contributed by atoms with Crippen LogP contribution >= 0.6 is 0 Å². The molecule has 0 fully saturated rings. The Bertz CT molecular complexity index is 870. The number of nitrogens with zero attached hydrogens (tertiary/aromatic N) is 2. The summed E-state index contributed by atoms with van der Waals surface area (Å²) in [6, 6.07) is 16.9. The van der Waals surface area contributed by atoms with Gasteiger partial charge < -0.3 is 10.1 Å². The van der Waals surface area contributed by atoms with E-state index in [4.69, 9.17) is 4.74 Å². The molecule has 2 heterocycles. The van der Waals surface area contributed by atoms with Gasteiger partial charge in [0.15, 0.2) is 11.6 Å². The minimum atomic E-state index is -0.323. The fourth-order valence-corrected chi connectivity index (χ4v) is 3.06. The van der Waals surface area contributed by atoms with Gasteiger partial charge in [-0.2, -0.15) is 0 Å². The third-order valence-electron chi connectivity index (χ3n) is 4.26. The zero-order chi connectivity index (χ0) is 17.1. The van der Waals surface area contributed by atoms with E-state index in [0.29, 0.717) is 18.8 Å². The van der Waals surface area contributed by atoms with E-state index in [1.165, 1.54) is 6.07 Å². The van der Waals surface area contributed by atoms with Crippen LogP contribution < -0.4 is 10.1 Å². The highest BCUT2D eigenvalue weighted by atomic mass is 19.1. The number of aromatic nitrogens is 2. The summed E-state index contributed by atoms with van der Waals surface area (Å²) in [4.78, 5) is 8.95. The van der Waals surface area contributed by atoms with Crippen molar-refractivity contribution in [3.63, 3.8) is 0 Å². The lowest BCUT2D eigenvalue weighted by molar-refractivity contribution is 0.260. The number of ether oxygens (including phenoxy) is 1.